The fraction of sp³-hybridized carbons (Fsp3) is 0.562. The number of carbonyl (C=O) groups is 1. The van der Waals surface area contributed by atoms with E-state index in [0.717, 1.165) is 18.4 Å². The number of methoxy groups -OCH3 is 1. The second-order valence-electron chi connectivity index (χ2n) is 4.48. The van der Waals surface area contributed by atoms with E-state index in [1.807, 2.05) is 24.3 Å². The van der Waals surface area contributed by atoms with Crippen LogP contribution >= 0.6 is 0 Å². The highest BCUT2D eigenvalue weighted by Crippen LogP contribution is 2.27. The molecule has 1 rings (SSSR count). The van der Waals surface area contributed by atoms with Crippen LogP contribution in [0.25, 0.3) is 0 Å². The molecule has 0 aliphatic carbocycles. The summed E-state index contributed by atoms with van der Waals surface area (Å²) in [5, 5.41) is 0. The van der Waals surface area contributed by atoms with E-state index >= 15 is 0 Å². The minimum atomic E-state index is -0.442. The van der Waals surface area contributed by atoms with Gasteiger partial charge in [-0.15, -0.1) is 0 Å². The number of hydrogen-bond donors (Lipinski definition) is 0. The first-order valence-electron chi connectivity index (χ1n) is 7.11. The van der Waals surface area contributed by atoms with Crippen LogP contribution in [-0.2, 0) is 14.3 Å². The van der Waals surface area contributed by atoms with Crippen LogP contribution in [0, 0.1) is 0 Å². The van der Waals surface area contributed by atoms with Crippen LogP contribution in [0.4, 0.5) is 0 Å². The van der Waals surface area contributed by atoms with Crippen molar-refractivity contribution in [3.05, 3.63) is 29.8 Å². The summed E-state index contributed by atoms with van der Waals surface area (Å²) in [5.41, 5.74) is 0.810. The highest BCUT2D eigenvalue weighted by atomic mass is 16.5. The Bertz CT molecular complexity index is 403. The molecule has 0 aliphatic heterocycles. The Morgan fingerprint density at radius 3 is 2.65 bits per heavy atom. The summed E-state index contributed by atoms with van der Waals surface area (Å²) in [6.45, 7) is 5.24. The minimum Gasteiger partial charge on any atom is -0.496 e. The Labute approximate surface area is 121 Å². The van der Waals surface area contributed by atoms with Crippen LogP contribution in [0.5, 0.6) is 5.75 Å². The van der Waals surface area contributed by atoms with Gasteiger partial charge in [-0.3, -0.25) is 4.79 Å². The van der Waals surface area contributed by atoms with Crippen LogP contribution in [0.3, 0.4) is 0 Å². The van der Waals surface area contributed by atoms with E-state index in [0.29, 0.717) is 25.6 Å². The van der Waals surface area contributed by atoms with Crippen molar-refractivity contribution in [2.75, 3.05) is 26.9 Å². The Morgan fingerprint density at radius 1 is 1.25 bits per heavy atom. The first-order valence-corrected chi connectivity index (χ1v) is 7.11. The average Bonchev–Trinajstić information content (AvgIpc) is 2.47. The fourth-order valence-corrected chi connectivity index (χ4v) is 1.93. The molecule has 0 aromatic heterocycles. The highest BCUT2D eigenvalue weighted by Gasteiger charge is 2.25. The number of para-hydroxylation sites is 1. The van der Waals surface area contributed by atoms with Gasteiger partial charge in [0.1, 0.15) is 11.7 Å². The van der Waals surface area contributed by atoms with Crippen molar-refractivity contribution in [3.63, 3.8) is 0 Å². The quantitative estimate of drug-likeness (QED) is 0.515. The lowest BCUT2D eigenvalue weighted by molar-refractivity contribution is -0.146. The highest BCUT2D eigenvalue weighted by molar-refractivity contribution is 5.79. The van der Waals surface area contributed by atoms with Crippen LogP contribution in [0.1, 0.15) is 38.2 Å². The van der Waals surface area contributed by atoms with E-state index in [9.17, 15) is 4.79 Å². The van der Waals surface area contributed by atoms with Crippen molar-refractivity contribution >= 4 is 5.97 Å². The number of benzene rings is 1. The number of carbonyl (C=O) groups excluding carboxylic acids is 1. The zero-order valence-electron chi connectivity index (χ0n) is 12.6. The van der Waals surface area contributed by atoms with E-state index in [-0.39, 0.29) is 5.97 Å². The molecule has 0 heterocycles. The van der Waals surface area contributed by atoms with E-state index in [1.165, 1.54) is 0 Å². The predicted octanol–water partition coefficient (Wildman–Crippen LogP) is 3.16. The van der Waals surface area contributed by atoms with Gasteiger partial charge in [-0.25, -0.2) is 0 Å². The number of unbranched alkanes of at least 4 members (excludes halogenated alkanes) is 1. The van der Waals surface area contributed by atoms with Gasteiger partial charge in [-0.1, -0.05) is 31.5 Å². The van der Waals surface area contributed by atoms with Crippen LogP contribution < -0.4 is 4.74 Å². The average molecular weight is 280 g/mol. The van der Waals surface area contributed by atoms with Crippen LogP contribution in [0.2, 0.25) is 0 Å². The van der Waals surface area contributed by atoms with Crippen molar-refractivity contribution in [1.82, 2.24) is 0 Å². The smallest absolute Gasteiger partial charge is 0.315 e. The summed E-state index contributed by atoms with van der Waals surface area (Å²) in [4.78, 5) is 12.1. The maximum atomic E-state index is 12.1. The fourth-order valence-electron chi connectivity index (χ4n) is 1.93. The predicted molar refractivity (Wildman–Crippen MR) is 78.1 cm³/mol. The standard InChI is InChI=1S/C16H24O4/c1-4-6-11-19-12-14(16(17)20-5-2)13-9-7-8-10-15(13)18-3/h7-10,14H,4-6,11-12H2,1-3H3. The minimum absolute atomic E-state index is 0.270. The molecule has 0 aliphatic rings. The summed E-state index contributed by atoms with van der Waals surface area (Å²) >= 11 is 0. The first kappa shape index (κ1) is 16.5. The molecule has 0 bridgehead atoms. The molecule has 1 aromatic carbocycles. The Kier molecular flexibility index (Phi) is 7.73. The van der Waals surface area contributed by atoms with Crippen LogP contribution in [0.15, 0.2) is 24.3 Å². The molecule has 1 unspecified atom stereocenters. The van der Waals surface area contributed by atoms with Crippen molar-refractivity contribution in [2.24, 2.45) is 0 Å². The number of ether oxygens (including phenoxy) is 3. The van der Waals surface area contributed by atoms with Gasteiger partial charge in [0.25, 0.3) is 0 Å². The van der Waals surface area contributed by atoms with Gasteiger partial charge in [-0.05, 0) is 19.4 Å². The molecular weight excluding hydrogens is 256 g/mol. The molecule has 0 saturated heterocycles. The Morgan fingerprint density at radius 2 is 2.00 bits per heavy atom. The lowest BCUT2D eigenvalue weighted by Gasteiger charge is -2.18. The van der Waals surface area contributed by atoms with Gasteiger partial charge >= 0.3 is 5.97 Å². The SMILES string of the molecule is CCCCOCC(C(=O)OCC)c1ccccc1OC. The largest absolute Gasteiger partial charge is 0.496 e. The third kappa shape index (κ3) is 4.85. The van der Waals surface area contributed by atoms with E-state index in [1.54, 1.807) is 14.0 Å². The van der Waals surface area contributed by atoms with Crippen molar-refractivity contribution in [3.8, 4) is 5.75 Å². The molecule has 1 atom stereocenters. The zero-order chi connectivity index (χ0) is 14.8. The van der Waals surface area contributed by atoms with Crippen molar-refractivity contribution in [2.45, 2.75) is 32.6 Å². The van der Waals surface area contributed by atoms with E-state index < -0.39 is 5.92 Å². The zero-order valence-corrected chi connectivity index (χ0v) is 12.6. The summed E-state index contributed by atoms with van der Waals surface area (Å²) in [5.74, 6) is -0.0268. The second-order valence-corrected chi connectivity index (χ2v) is 4.48. The summed E-state index contributed by atoms with van der Waals surface area (Å²) in [7, 11) is 1.60. The lowest BCUT2D eigenvalue weighted by Crippen LogP contribution is -2.22. The Hall–Kier alpha value is -1.55. The molecule has 4 heteroatoms. The normalized spacial score (nSPS) is 11.9. The summed E-state index contributed by atoms with van der Waals surface area (Å²) < 4.78 is 16.1. The van der Waals surface area contributed by atoms with Gasteiger partial charge < -0.3 is 14.2 Å². The summed E-state index contributed by atoms with van der Waals surface area (Å²) in [6, 6.07) is 7.48. The topological polar surface area (TPSA) is 44.8 Å². The maximum absolute atomic E-state index is 12.1. The molecular formula is C16H24O4. The third-order valence-corrected chi connectivity index (χ3v) is 3.01. The number of hydrogen-bond acceptors (Lipinski definition) is 4. The molecule has 4 nitrogen and oxygen atoms in total. The molecule has 0 spiro atoms. The van der Waals surface area contributed by atoms with Gasteiger partial charge in [0.05, 0.1) is 20.3 Å². The molecule has 0 radical (unpaired) electrons. The van der Waals surface area contributed by atoms with Gasteiger partial charge in [0.2, 0.25) is 0 Å². The van der Waals surface area contributed by atoms with Gasteiger partial charge in [0, 0.05) is 12.2 Å². The lowest BCUT2D eigenvalue weighted by atomic mass is 9.99. The molecule has 0 saturated carbocycles. The van der Waals surface area contributed by atoms with Gasteiger partial charge in [-0.2, -0.15) is 0 Å². The molecule has 20 heavy (non-hydrogen) atoms. The molecule has 0 amide bonds. The summed E-state index contributed by atoms with van der Waals surface area (Å²) in [6.07, 6.45) is 2.06. The molecule has 0 N–H and O–H groups in total. The molecule has 1 aromatic rings. The van der Waals surface area contributed by atoms with Crippen molar-refractivity contribution < 1.29 is 19.0 Å². The van der Waals surface area contributed by atoms with Crippen molar-refractivity contribution in [1.29, 1.82) is 0 Å². The number of esters is 1. The monoisotopic (exact) mass is 280 g/mol. The first-order chi connectivity index (χ1) is 9.74. The van der Waals surface area contributed by atoms with Crippen LogP contribution in [-0.4, -0.2) is 32.9 Å². The number of rotatable bonds is 9. The second kappa shape index (κ2) is 9.37. The molecule has 112 valence electrons. The van der Waals surface area contributed by atoms with Gasteiger partial charge in [0.15, 0.2) is 0 Å². The molecule has 0 fully saturated rings. The maximum Gasteiger partial charge on any atom is 0.315 e. The van der Waals surface area contributed by atoms with E-state index in [2.05, 4.69) is 6.92 Å². The van der Waals surface area contributed by atoms with E-state index in [4.69, 9.17) is 14.2 Å². The Balaban J connectivity index is 2.82. The third-order valence-electron chi connectivity index (χ3n) is 3.01.